The molecule has 28 heavy (non-hydrogen) atoms. The number of carbonyl (C=O) groups excluding carboxylic acids is 3. The van der Waals surface area contributed by atoms with Crippen molar-refractivity contribution in [1.82, 2.24) is 10.2 Å². The molecule has 2 aliphatic heterocycles. The zero-order valence-electron chi connectivity index (χ0n) is 15.1. The molecule has 2 heterocycles. The fourth-order valence-electron chi connectivity index (χ4n) is 3.67. The van der Waals surface area contributed by atoms with E-state index in [0.717, 1.165) is 4.90 Å². The minimum atomic E-state index is -0.808. The van der Waals surface area contributed by atoms with Gasteiger partial charge in [0.25, 0.3) is 11.8 Å². The predicted molar refractivity (Wildman–Crippen MR) is 98.6 cm³/mol. The van der Waals surface area contributed by atoms with Crippen LogP contribution < -0.4 is 15.0 Å². The molecular weight excluding hydrogens is 365 g/mol. The van der Waals surface area contributed by atoms with Gasteiger partial charge >= 0.3 is 6.03 Å². The van der Waals surface area contributed by atoms with E-state index in [2.05, 4.69) is 5.32 Å². The van der Waals surface area contributed by atoms with Crippen molar-refractivity contribution < 1.29 is 23.5 Å². The van der Waals surface area contributed by atoms with Crippen LogP contribution in [0, 0.1) is 5.82 Å². The average molecular weight is 383 g/mol. The summed E-state index contributed by atoms with van der Waals surface area (Å²) in [7, 11) is 1.54. The molecule has 2 saturated heterocycles. The smallest absolute Gasteiger partial charge is 0.329 e. The first kappa shape index (κ1) is 18.0. The topological polar surface area (TPSA) is 79.0 Å². The summed E-state index contributed by atoms with van der Waals surface area (Å²) in [6.07, 6.45) is 0.487. The fourth-order valence-corrected chi connectivity index (χ4v) is 3.67. The molecule has 0 radical (unpaired) electrons. The maximum absolute atomic E-state index is 13.2. The second kappa shape index (κ2) is 6.95. The van der Waals surface area contributed by atoms with E-state index in [1.165, 1.54) is 36.3 Å². The number of amides is 4. The van der Waals surface area contributed by atoms with Crippen LogP contribution in [-0.4, -0.2) is 48.5 Å². The number of hydrogen-bond donors (Lipinski definition) is 1. The number of fused-ring (bicyclic) bond motifs is 1. The van der Waals surface area contributed by atoms with Crippen LogP contribution in [0.5, 0.6) is 5.75 Å². The van der Waals surface area contributed by atoms with Crippen LogP contribution in [0.1, 0.15) is 16.8 Å². The molecule has 1 N–H and O–H groups in total. The van der Waals surface area contributed by atoms with Crippen LogP contribution in [0.25, 0.3) is 0 Å². The van der Waals surface area contributed by atoms with Crippen LogP contribution in [0.2, 0.25) is 0 Å². The molecule has 2 atom stereocenters. The molecule has 2 aromatic rings. The van der Waals surface area contributed by atoms with E-state index >= 15 is 0 Å². The van der Waals surface area contributed by atoms with Crippen molar-refractivity contribution in [2.75, 3.05) is 18.6 Å². The number of likely N-dealkylation sites (tertiary alicyclic amines) is 1. The normalized spacial score (nSPS) is 21.4. The summed E-state index contributed by atoms with van der Waals surface area (Å²) in [5.74, 6) is -0.638. The average Bonchev–Trinajstić information content (AvgIpc) is 3.13. The third-order valence-electron chi connectivity index (χ3n) is 5.07. The van der Waals surface area contributed by atoms with Crippen LogP contribution in [0.4, 0.5) is 14.9 Å². The van der Waals surface area contributed by atoms with Gasteiger partial charge in [-0.1, -0.05) is 0 Å². The number of nitrogens with zero attached hydrogens (tertiary/aromatic N) is 2. The molecule has 8 heteroatoms. The molecule has 0 aromatic heterocycles. The quantitative estimate of drug-likeness (QED) is 0.881. The molecule has 4 amide bonds. The maximum Gasteiger partial charge on any atom is 0.329 e. The Balaban J connectivity index is 1.62. The number of rotatable bonds is 3. The first-order chi connectivity index (χ1) is 13.5. The lowest BCUT2D eigenvalue weighted by molar-refractivity contribution is -0.122. The van der Waals surface area contributed by atoms with Gasteiger partial charge in [0.2, 0.25) is 0 Å². The molecule has 2 fully saturated rings. The number of nitrogens with one attached hydrogen (secondary N) is 1. The highest BCUT2D eigenvalue weighted by atomic mass is 19.1. The van der Waals surface area contributed by atoms with Crippen LogP contribution in [-0.2, 0) is 4.79 Å². The molecule has 7 nitrogen and oxygen atoms in total. The Hall–Kier alpha value is -3.42. The molecule has 2 aromatic carbocycles. The monoisotopic (exact) mass is 383 g/mol. The number of halogens is 1. The zero-order chi connectivity index (χ0) is 19.8. The number of methoxy groups -OCH3 is 1. The van der Waals surface area contributed by atoms with Crippen molar-refractivity contribution in [1.29, 1.82) is 0 Å². The van der Waals surface area contributed by atoms with Gasteiger partial charge in [-0.15, -0.1) is 0 Å². The molecule has 2 unspecified atom stereocenters. The first-order valence-corrected chi connectivity index (χ1v) is 8.84. The van der Waals surface area contributed by atoms with E-state index in [1.807, 2.05) is 0 Å². The highest BCUT2D eigenvalue weighted by Gasteiger charge is 2.50. The van der Waals surface area contributed by atoms with Gasteiger partial charge in [-0.05, 0) is 55.0 Å². The van der Waals surface area contributed by atoms with Gasteiger partial charge in [-0.2, -0.15) is 0 Å². The summed E-state index contributed by atoms with van der Waals surface area (Å²) >= 11 is 0. The molecule has 0 spiro atoms. The Morgan fingerprint density at radius 2 is 1.79 bits per heavy atom. The Morgan fingerprint density at radius 1 is 1.11 bits per heavy atom. The highest BCUT2D eigenvalue weighted by Crippen LogP contribution is 2.29. The number of ether oxygens (including phenoxy) is 1. The van der Waals surface area contributed by atoms with Crippen molar-refractivity contribution >= 4 is 23.5 Å². The third kappa shape index (κ3) is 2.96. The molecule has 0 aliphatic carbocycles. The lowest BCUT2D eigenvalue weighted by Crippen LogP contribution is -2.65. The van der Waals surface area contributed by atoms with Gasteiger partial charge in [0.05, 0.1) is 18.8 Å². The van der Waals surface area contributed by atoms with Crippen molar-refractivity contribution in [3.8, 4) is 5.75 Å². The Kier molecular flexibility index (Phi) is 4.46. The van der Waals surface area contributed by atoms with Gasteiger partial charge in [-0.3, -0.25) is 9.59 Å². The number of imide groups is 1. The summed E-state index contributed by atoms with van der Waals surface area (Å²) in [6.45, 7) is 0.351. The summed E-state index contributed by atoms with van der Waals surface area (Å²) in [6, 6.07) is 9.87. The van der Waals surface area contributed by atoms with E-state index in [-0.39, 0.29) is 11.6 Å². The summed E-state index contributed by atoms with van der Waals surface area (Å²) in [5, 5.41) is 2.78. The van der Waals surface area contributed by atoms with Gasteiger partial charge < -0.3 is 15.0 Å². The standard InChI is InChI=1S/C20H18FN3O4/c1-28-15-8-2-12(3-9-15)18(25)23-11-10-16-17(23)19(26)24(20(27)22-16)14-6-4-13(21)5-7-14/h2-9,16-17H,10-11H2,1H3,(H,22,27). The van der Waals surface area contributed by atoms with Gasteiger partial charge in [0, 0.05) is 12.1 Å². The van der Waals surface area contributed by atoms with E-state index in [4.69, 9.17) is 4.74 Å². The summed E-state index contributed by atoms with van der Waals surface area (Å²) < 4.78 is 18.3. The predicted octanol–water partition coefficient (Wildman–Crippen LogP) is 2.17. The number of carbonyl (C=O) groups is 3. The van der Waals surface area contributed by atoms with Crippen molar-refractivity contribution in [2.45, 2.75) is 18.5 Å². The lowest BCUT2D eigenvalue weighted by Gasteiger charge is -2.36. The van der Waals surface area contributed by atoms with Crippen molar-refractivity contribution in [3.63, 3.8) is 0 Å². The van der Waals surface area contributed by atoms with Gasteiger partial charge in [0.1, 0.15) is 17.6 Å². The van der Waals surface area contributed by atoms with Gasteiger partial charge in [0.15, 0.2) is 0 Å². The largest absolute Gasteiger partial charge is 0.497 e. The Bertz CT molecular complexity index is 929. The number of anilines is 1. The second-order valence-electron chi connectivity index (χ2n) is 6.67. The van der Waals surface area contributed by atoms with Crippen LogP contribution in [0.3, 0.4) is 0 Å². The molecule has 2 aliphatic rings. The van der Waals surface area contributed by atoms with Crippen LogP contribution in [0.15, 0.2) is 48.5 Å². The maximum atomic E-state index is 13.2. The first-order valence-electron chi connectivity index (χ1n) is 8.84. The SMILES string of the molecule is COc1ccc(C(=O)N2CCC3NC(=O)N(c4ccc(F)cc4)C(=O)C32)cc1. The molecule has 4 rings (SSSR count). The molecule has 0 bridgehead atoms. The van der Waals surface area contributed by atoms with Crippen LogP contribution >= 0.6 is 0 Å². The lowest BCUT2D eigenvalue weighted by atomic mass is 10.0. The molecular formula is C20H18FN3O4. The minimum Gasteiger partial charge on any atom is -0.497 e. The van der Waals surface area contributed by atoms with E-state index in [1.54, 1.807) is 24.3 Å². The fraction of sp³-hybridized carbons (Fsp3) is 0.250. The molecule has 0 saturated carbocycles. The molecule has 144 valence electrons. The van der Waals surface area contributed by atoms with E-state index in [9.17, 15) is 18.8 Å². The van der Waals surface area contributed by atoms with E-state index < -0.39 is 29.8 Å². The van der Waals surface area contributed by atoms with Gasteiger partial charge in [-0.25, -0.2) is 14.1 Å². The Labute approximate surface area is 160 Å². The van der Waals surface area contributed by atoms with E-state index in [0.29, 0.717) is 24.3 Å². The third-order valence-corrected chi connectivity index (χ3v) is 5.07. The minimum absolute atomic E-state index is 0.256. The number of benzene rings is 2. The van der Waals surface area contributed by atoms with Crippen molar-refractivity contribution in [2.24, 2.45) is 0 Å². The summed E-state index contributed by atoms with van der Waals surface area (Å²) in [5.41, 5.74) is 0.686. The highest BCUT2D eigenvalue weighted by molar-refractivity contribution is 6.19. The zero-order valence-corrected chi connectivity index (χ0v) is 15.1. The Morgan fingerprint density at radius 3 is 2.43 bits per heavy atom. The number of hydrogen-bond acceptors (Lipinski definition) is 4. The number of urea groups is 1. The van der Waals surface area contributed by atoms with Crippen molar-refractivity contribution in [3.05, 3.63) is 59.9 Å². The second-order valence-corrected chi connectivity index (χ2v) is 6.67. The summed E-state index contributed by atoms with van der Waals surface area (Å²) in [4.78, 5) is 40.9.